The van der Waals surface area contributed by atoms with Crippen LogP contribution in [0.2, 0.25) is 0 Å². The van der Waals surface area contributed by atoms with E-state index in [9.17, 15) is 10.1 Å². The van der Waals surface area contributed by atoms with Crippen LogP contribution < -0.4 is 4.74 Å². The highest BCUT2D eigenvalue weighted by Crippen LogP contribution is 2.35. The van der Waals surface area contributed by atoms with Crippen molar-refractivity contribution in [3.8, 4) is 22.8 Å². The zero-order valence-electron chi connectivity index (χ0n) is 15.9. The molecule has 8 nitrogen and oxygen atoms in total. The number of methoxy groups -OCH3 is 1. The first-order chi connectivity index (χ1) is 14.7. The van der Waals surface area contributed by atoms with Crippen LogP contribution in [-0.2, 0) is 0 Å². The molecule has 3 aromatic carbocycles. The van der Waals surface area contributed by atoms with E-state index in [1.165, 1.54) is 12.1 Å². The van der Waals surface area contributed by atoms with Crippen LogP contribution in [0.5, 0.6) is 5.75 Å². The second-order valence-corrected chi connectivity index (χ2v) is 6.69. The standard InChI is InChI=1S/C22H15N5O3/c1-30-20-11-10-19-17(12-15-4-2-3-5-18(15)24-19)21(20)26-13-23-25-22(26)14-6-8-16(9-7-14)27(28)29/h2-13H,1H3. The Balaban J connectivity index is 1.76. The number of nitro groups is 1. The lowest BCUT2D eigenvalue weighted by atomic mass is 10.1. The highest BCUT2D eigenvalue weighted by atomic mass is 16.6. The fourth-order valence-corrected chi connectivity index (χ4v) is 3.55. The van der Waals surface area contributed by atoms with Gasteiger partial charge >= 0.3 is 0 Å². The first kappa shape index (κ1) is 17.7. The van der Waals surface area contributed by atoms with Crippen molar-refractivity contribution in [2.24, 2.45) is 0 Å². The van der Waals surface area contributed by atoms with E-state index in [0.717, 1.165) is 27.5 Å². The topological polar surface area (TPSA) is 96.0 Å². The third-order valence-corrected chi connectivity index (χ3v) is 4.98. The van der Waals surface area contributed by atoms with E-state index >= 15 is 0 Å². The third kappa shape index (κ3) is 2.82. The Hall–Kier alpha value is -4.33. The van der Waals surface area contributed by atoms with Gasteiger partial charge in [-0.1, -0.05) is 18.2 Å². The summed E-state index contributed by atoms with van der Waals surface area (Å²) < 4.78 is 7.46. The summed E-state index contributed by atoms with van der Waals surface area (Å²) in [6.07, 6.45) is 1.60. The molecule has 2 heterocycles. The predicted molar refractivity (Wildman–Crippen MR) is 113 cm³/mol. The van der Waals surface area contributed by atoms with Crippen molar-refractivity contribution < 1.29 is 9.66 Å². The van der Waals surface area contributed by atoms with Gasteiger partial charge in [0.2, 0.25) is 0 Å². The monoisotopic (exact) mass is 397 g/mol. The molecule has 0 unspecified atom stereocenters. The van der Waals surface area contributed by atoms with Gasteiger partial charge in [-0.05, 0) is 36.4 Å². The van der Waals surface area contributed by atoms with Crippen LogP contribution in [-0.4, -0.2) is 31.8 Å². The van der Waals surface area contributed by atoms with Crippen LogP contribution in [0.25, 0.3) is 38.9 Å². The number of hydrogen-bond acceptors (Lipinski definition) is 6. The number of fused-ring (bicyclic) bond motifs is 2. The van der Waals surface area contributed by atoms with E-state index in [1.54, 1.807) is 25.6 Å². The van der Waals surface area contributed by atoms with Crippen molar-refractivity contribution in [1.29, 1.82) is 0 Å². The van der Waals surface area contributed by atoms with Gasteiger partial charge in [0.1, 0.15) is 17.8 Å². The molecule has 0 saturated heterocycles. The number of para-hydroxylation sites is 1. The summed E-state index contributed by atoms with van der Waals surface area (Å²) in [6, 6.07) is 20.0. The van der Waals surface area contributed by atoms with Crippen molar-refractivity contribution in [2.45, 2.75) is 0 Å². The molecule has 0 saturated carbocycles. The minimum atomic E-state index is -0.432. The molecule has 0 spiro atoms. The molecule has 0 radical (unpaired) electrons. The maximum atomic E-state index is 11.0. The molecule has 0 aliphatic rings. The van der Waals surface area contributed by atoms with Gasteiger partial charge in [-0.25, -0.2) is 4.98 Å². The molecule has 0 aliphatic heterocycles. The lowest BCUT2D eigenvalue weighted by molar-refractivity contribution is -0.384. The number of nitro benzene ring substituents is 1. The van der Waals surface area contributed by atoms with E-state index < -0.39 is 4.92 Å². The number of nitrogens with zero attached hydrogens (tertiary/aromatic N) is 5. The summed E-state index contributed by atoms with van der Waals surface area (Å²) in [4.78, 5) is 15.3. The van der Waals surface area contributed by atoms with Crippen LogP contribution in [0, 0.1) is 10.1 Å². The zero-order chi connectivity index (χ0) is 20.7. The molecule has 0 bridgehead atoms. The van der Waals surface area contributed by atoms with Gasteiger partial charge in [0.15, 0.2) is 5.82 Å². The second kappa shape index (κ2) is 6.93. The molecular weight excluding hydrogens is 382 g/mol. The normalized spacial score (nSPS) is 11.1. The Bertz CT molecular complexity index is 1410. The highest BCUT2D eigenvalue weighted by molar-refractivity contribution is 5.99. The van der Waals surface area contributed by atoms with Crippen molar-refractivity contribution in [1.82, 2.24) is 19.7 Å². The highest BCUT2D eigenvalue weighted by Gasteiger charge is 2.18. The number of ether oxygens (including phenoxy) is 1. The third-order valence-electron chi connectivity index (χ3n) is 4.98. The van der Waals surface area contributed by atoms with Gasteiger partial charge in [0, 0.05) is 28.5 Å². The van der Waals surface area contributed by atoms with Crippen molar-refractivity contribution in [2.75, 3.05) is 7.11 Å². The Morgan fingerprint density at radius 2 is 1.80 bits per heavy atom. The summed E-state index contributed by atoms with van der Waals surface area (Å²) in [5.74, 6) is 1.19. The van der Waals surface area contributed by atoms with E-state index in [1.807, 2.05) is 41.0 Å². The first-order valence-corrected chi connectivity index (χ1v) is 9.17. The molecule has 5 rings (SSSR count). The Morgan fingerprint density at radius 3 is 2.57 bits per heavy atom. The lowest BCUT2D eigenvalue weighted by Crippen LogP contribution is -2.01. The maximum absolute atomic E-state index is 11.0. The fraction of sp³-hybridized carbons (Fsp3) is 0.0455. The largest absolute Gasteiger partial charge is 0.495 e. The van der Waals surface area contributed by atoms with Gasteiger partial charge in [0.05, 0.1) is 23.1 Å². The average molecular weight is 397 g/mol. The number of non-ortho nitro benzene ring substituents is 1. The summed E-state index contributed by atoms with van der Waals surface area (Å²) in [5.41, 5.74) is 3.19. The molecule has 0 aliphatic carbocycles. The zero-order valence-corrected chi connectivity index (χ0v) is 15.9. The van der Waals surface area contributed by atoms with Crippen LogP contribution in [0.1, 0.15) is 0 Å². The number of rotatable bonds is 4. The fourth-order valence-electron chi connectivity index (χ4n) is 3.55. The Labute approximate surface area is 170 Å². The minimum absolute atomic E-state index is 0.0169. The van der Waals surface area contributed by atoms with Crippen LogP contribution in [0.4, 0.5) is 5.69 Å². The van der Waals surface area contributed by atoms with Gasteiger partial charge in [-0.2, -0.15) is 0 Å². The molecule has 0 N–H and O–H groups in total. The average Bonchev–Trinajstić information content (AvgIpc) is 3.26. The predicted octanol–water partition coefficient (Wildman–Crippen LogP) is 4.55. The van der Waals surface area contributed by atoms with Gasteiger partial charge in [-0.3, -0.25) is 14.7 Å². The Morgan fingerprint density at radius 1 is 1.00 bits per heavy atom. The molecule has 0 amide bonds. The molecule has 5 aromatic rings. The summed E-state index contributed by atoms with van der Waals surface area (Å²) in [6.45, 7) is 0. The molecular formula is C22H15N5O3. The SMILES string of the molecule is COc1ccc2nc3ccccc3cc2c1-n1cnnc1-c1ccc([N+](=O)[O-])cc1. The van der Waals surface area contributed by atoms with E-state index in [0.29, 0.717) is 17.1 Å². The maximum Gasteiger partial charge on any atom is 0.269 e. The van der Waals surface area contributed by atoms with E-state index in [2.05, 4.69) is 16.3 Å². The van der Waals surface area contributed by atoms with Gasteiger partial charge in [0.25, 0.3) is 5.69 Å². The minimum Gasteiger partial charge on any atom is -0.495 e. The number of hydrogen-bond donors (Lipinski definition) is 0. The molecule has 0 atom stereocenters. The lowest BCUT2D eigenvalue weighted by Gasteiger charge is -2.15. The molecule has 8 heteroatoms. The molecule has 30 heavy (non-hydrogen) atoms. The number of benzene rings is 3. The molecule has 146 valence electrons. The number of pyridine rings is 1. The summed E-state index contributed by atoms with van der Waals surface area (Å²) >= 11 is 0. The quantitative estimate of drug-likeness (QED) is 0.251. The van der Waals surface area contributed by atoms with E-state index in [4.69, 9.17) is 9.72 Å². The second-order valence-electron chi connectivity index (χ2n) is 6.69. The molecule has 2 aromatic heterocycles. The Kier molecular flexibility index (Phi) is 4.10. The number of aromatic nitrogens is 4. The summed E-state index contributed by atoms with van der Waals surface area (Å²) in [5, 5.41) is 21.2. The van der Waals surface area contributed by atoms with Crippen LogP contribution in [0.3, 0.4) is 0 Å². The van der Waals surface area contributed by atoms with Crippen molar-refractivity contribution >= 4 is 27.5 Å². The van der Waals surface area contributed by atoms with Gasteiger partial charge in [-0.15, -0.1) is 10.2 Å². The van der Waals surface area contributed by atoms with Crippen LogP contribution in [0.15, 0.2) is 73.1 Å². The van der Waals surface area contributed by atoms with Crippen LogP contribution >= 0.6 is 0 Å². The summed E-state index contributed by atoms with van der Waals surface area (Å²) in [7, 11) is 1.61. The smallest absolute Gasteiger partial charge is 0.269 e. The van der Waals surface area contributed by atoms with E-state index in [-0.39, 0.29) is 5.69 Å². The van der Waals surface area contributed by atoms with Crippen molar-refractivity contribution in [3.63, 3.8) is 0 Å². The van der Waals surface area contributed by atoms with Gasteiger partial charge < -0.3 is 4.74 Å². The molecule has 0 fully saturated rings. The first-order valence-electron chi connectivity index (χ1n) is 9.17. The van der Waals surface area contributed by atoms with Crippen molar-refractivity contribution in [3.05, 3.63) is 83.2 Å².